The Bertz CT molecular complexity index is 235. The Hall–Kier alpha value is -0.770. The molecule has 1 saturated heterocycles. The van der Waals surface area contributed by atoms with Crippen molar-refractivity contribution in [1.29, 1.82) is 0 Å². The first-order valence-corrected chi connectivity index (χ1v) is 5.53. The van der Waals surface area contributed by atoms with Crippen LogP contribution in [-0.4, -0.2) is 35.7 Å². The molecule has 0 aromatic heterocycles. The smallest absolute Gasteiger partial charge is 0.410 e. The van der Waals surface area contributed by atoms with Gasteiger partial charge in [0.05, 0.1) is 0 Å². The first-order chi connectivity index (χ1) is 6.79. The number of nitrogens with zero attached hydrogens (tertiary/aromatic N) is 1. The fraction of sp³-hybridized carbons (Fsp3) is 0.909. The fourth-order valence-corrected chi connectivity index (χ4v) is 1.59. The minimum atomic E-state index is -0.426. The van der Waals surface area contributed by atoms with Gasteiger partial charge in [0.2, 0.25) is 0 Å². The number of amides is 1. The van der Waals surface area contributed by atoms with E-state index >= 15 is 0 Å². The molecule has 0 saturated carbocycles. The summed E-state index contributed by atoms with van der Waals surface area (Å²) in [5, 5.41) is 0. The summed E-state index contributed by atoms with van der Waals surface area (Å²) in [5.74, 6) is 0.490. The van der Waals surface area contributed by atoms with Gasteiger partial charge in [0.15, 0.2) is 0 Å². The Morgan fingerprint density at radius 2 is 2.07 bits per heavy atom. The predicted octanol–water partition coefficient (Wildman–Crippen LogP) is 1.59. The molecule has 1 rings (SSSR count). The summed E-state index contributed by atoms with van der Waals surface area (Å²) < 4.78 is 5.29. The molecule has 2 atom stereocenters. The average Bonchev–Trinajstić information content (AvgIpc) is 2.06. The normalized spacial score (nSPS) is 27.7. The number of likely N-dealkylation sites (tertiary alicyclic amines) is 1. The van der Waals surface area contributed by atoms with Crippen LogP contribution >= 0.6 is 0 Å². The van der Waals surface area contributed by atoms with Gasteiger partial charge in [0.1, 0.15) is 5.60 Å². The van der Waals surface area contributed by atoms with Crippen molar-refractivity contribution in [1.82, 2.24) is 4.90 Å². The number of ether oxygens (including phenoxy) is 1. The molecule has 0 bridgehead atoms. The van der Waals surface area contributed by atoms with Crippen LogP contribution < -0.4 is 5.73 Å². The predicted molar refractivity (Wildman–Crippen MR) is 59.6 cm³/mol. The molecule has 2 N–H and O–H groups in total. The molecule has 0 spiro atoms. The molecule has 1 aliphatic heterocycles. The Balaban J connectivity index is 2.48. The quantitative estimate of drug-likeness (QED) is 0.666. The first kappa shape index (κ1) is 12.3. The molecule has 0 aliphatic carbocycles. The minimum absolute atomic E-state index is 0.0752. The second kappa shape index (κ2) is 4.39. The summed E-state index contributed by atoms with van der Waals surface area (Å²) in [6.07, 6.45) is 0.713. The van der Waals surface area contributed by atoms with Crippen LogP contribution in [0.2, 0.25) is 0 Å². The largest absolute Gasteiger partial charge is 0.444 e. The second-order valence-electron chi connectivity index (χ2n) is 5.36. The van der Waals surface area contributed by atoms with E-state index in [1.54, 1.807) is 4.90 Å². The highest BCUT2D eigenvalue weighted by Gasteiger charge is 2.29. The van der Waals surface area contributed by atoms with Crippen LogP contribution in [0.4, 0.5) is 4.79 Å². The summed E-state index contributed by atoms with van der Waals surface area (Å²) in [6, 6.07) is 0.0752. The molecular formula is C11H22N2O2. The molecular weight excluding hydrogens is 192 g/mol. The molecule has 1 amide bonds. The fourth-order valence-electron chi connectivity index (χ4n) is 1.59. The Morgan fingerprint density at radius 1 is 1.47 bits per heavy atom. The standard InChI is InChI=1S/C11H22N2O2/c1-8-5-6-13(7-9(8)12)10(14)15-11(2,3)4/h8-9H,5-7,12H2,1-4H3/t8-,9-/m1/s1. The average molecular weight is 214 g/mol. The number of rotatable bonds is 0. The first-order valence-electron chi connectivity index (χ1n) is 5.53. The lowest BCUT2D eigenvalue weighted by Crippen LogP contribution is -2.50. The number of hydrogen-bond acceptors (Lipinski definition) is 3. The Labute approximate surface area is 91.8 Å². The zero-order valence-corrected chi connectivity index (χ0v) is 10.1. The maximum absolute atomic E-state index is 11.7. The number of carbonyl (C=O) groups is 1. The second-order valence-corrected chi connectivity index (χ2v) is 5.36. The van der Waals surface area contributed by atoms with Crippen LogP contribution in [0.3, 0.4) is 0 Å². The van der Waals surface area contributed by atoms with Crippen molar-refractivity contribution in [3.63, 3.8) is 0 Å². The zero-order valence-electron chi connectivity index (χ0n) is 10.1. The molecule has 4 heteroatoms. The van der Waals surface area contributed by atoms with E-state index in [0.717, 1.165) is 13.0 Å². The van der Waals surface area contributed by atoms with Gasteiger partial charge in [-0.25, -0.2) is 4.79 Å². The van der Waals surface area contributed by atoms with Crippen molar-refractivity contribution in [2.45, 2.75) is 45.8 Å². The molecule has 0 aromatic rings. The van der Waals surface area contributed by atoms with Crippen LogP contribution in [-0.2, 0) is 4.74 Å². The van der Waals surface area contributed by atoms with Gasteiger partial charge >= 0.3 is 6.09 Å². The third-order valence-electron chi connectivity index (χ3n) is 2.67. The monoisotopic (exact) mass is 214 g/mol. The summed E-state index contributed by atoms with van der Waals surface area (Å²) in [7, 11) is 0. The number of piperidine rings is 1. The van der Waals surface area contributed by atoms with Crippen molar-refractivity contribution >= 4 is 6.09 Å². The number of nitrogens with two attached hydrogens (primary N) is 1. The van der Waals surface area contributed by atoms with Crippen molar-refractivity contribution < 1.29 is 9.53 Å². The van der Waals surface area contributed by atoms with E-state index in [1.807, 2.05) is 20.8 Å². The van der Waals surface area contributed by atoms with Crippen LogP contribution in [0.25, 0.3) is 0 Å². The van der Waals surface area contributed by atoms with Crippen molar-refractivity contribution in [3.8, 4) is 0 Å². The molecule has 1 aliphatic rings. The van der Waals surface area contributed by atoms with Crippen molar-refractivity contribution in [2.24, 2.45) is 11.7 Å². The van der Waals surface area contributed by atoms with Gasteiger partial charge in [0.25, 0.3) is 0 Å². The summed E-state index contributed by atoms with van der Waals surface area (Å²) >= 11 is 0. The SMILES string of the molecule is C[C@@H]1CCN(C(=O)OC(C)(C)C)C[C@H]1N. The van der Waals surface area contributed by atoms with Crippen molar-refractivity contribution in [3.05, 3.63) is 0 Å². The van der Waals surface area contributed by atoms with E-state index in [4.69, 9.17) is 10.5 Å². The van der Waals surface area contributed by atoms with Gasteiger partial charge in [-0.1, -0.05) is 6.92 Å². The van der Waals surface area contributed by atoms with Crippen LogP contribution in [0, 0.1) is 5.92 Å². The minimum Gasteiger partial charge on any atom is -0.444 e. The molecule has 0 radical (unpaired) electrons. The highest BCUT2D eigenvalue weighted by molar-refractivity contribution is 5.68. The van der Waals surface area contributed by atoms with Gasteiger partial charge < -0.3 is 15.4 Å². The van der Waals surface area contributed by atoms with Crippen LogP contribution in [0.1, 0.15) is 34.1 Å². The van der Waals surface area contributed by atoms with E-state index in [0.29, 0.717) is 12.5 Å². The van der Waals surface area contributed by atoms with E-state index in [2.05, 4.69) is 6.92 Å². The van der Waals surface area contributed by atoms with Gasteiger partial charge in [0, 0.05) is 19.1 Å². The van der Waals surface area contributed by atoms with Crippen LogP contribution in [0.15, 0.2) is 0 Å². The van der Waals surface area contributed by atoms with E-state index in [-0.39, 0.29) is 12.1 Å². The summed E-state index contributed by atoms with van der Waals surface area (Å²) in [5.41, 5.74) is 5.49. The van der Waals surface area contributed by atoms with Gasteiger partial charge in [-0.15, -0.1) is 0 Å². The van der Waals surface area contributed by atoms with E-state index < -0.39 is 5.60 Å². The third-order valence-corrected chi connectivity index (χ3v) is 2.67. The van der Waals surface area contributed by atoms with Gasteiger partial charge in [-0.3, -0.25) is 0 Å². The molecule has 0 aromatic carbocycles. The highest BCUT2D eigenvalue weighted by Crippen LogP contribution is 2.18. The molecule has 4 nitrogen and oxygen atoms in total. The zero-order chi connectivity index (χ0) is 11.6. The molecule has 1 fully saturated rings. The molecule has 15 heavy (non-hydrogen) atoms. The number of carbonyl (C=O) groups excluding carboxylic acids is 1. The van der Waals surface area contributed by atoms with Gasteiger partial charge in [-0.2, -0.15) is 0 Å². The Morgan fingerprint density at radius 3 is 2.53 bits per heavy atom. The lowest BCUT2D eigenvalue weighted by Gasteiger charge is -2.35. The Kier molecular flexibility index (Phi) is 3.60. The third kappa shape index (κ3) is 3.70. The summed E-state index contributed by atoms with van der Waals surface area (Å²) in [4.78, 5) is 13.4. The lowest BCUT2D eigenvalue weighted by molar-refractivity contribution is 0.0167. The maximum Gasteiger partial charge on any atom is 0.410 e. The number of hydrogen-bond donors (Lipinski definition) is 1. The molecule has 88 valence electrons. The van der Waals surface area contributed by atoms with Gasteiger partial charge in [-0.05, 0) is 33.1 Å². The van der Waals surface area contributed by atoms with E-state index in [9.17, 15) is 4.79 Å². The topological polar surface area (TPSA) is 55.6 Å². The molecule has 1 heterocycles. The van der Waals surface area contributed by atoms with Crippen LogP contribution in [0.5, 0.6) is 0 Å². The lowest BCUT2D eigenvalue weighted by atomic mass is 9.95. The maximum atomic E-state index is 11.7. The van der Waals surface area contributed by atoms with E-state index in [1.165, 1.54) is 0 Å². The molecule has 0 unspecified atom stereocenters. The highest BCUT2D eigenvalue weighted by atomic mass is 16.6. The van der Waals surface area contributed by atoms with Crippen molar-refractivity contribution in [2.75, 3.05) is 13.1 Å². The summed E-state index contributed by atoms with van der Waals surface area (Å²) in [6.45, 7) is 9.10.